The summed E-state index contributed by atoms with van der Waals surface area (Å²) in [5.41, 5.74) is 1.17. The van der Waals surface area contributed by atoms with Gasteiger partial charge < -0.3 is 10.2 Å². The molecule has 1 aromatic carbocycles. The summed E-state index contributed by atoms with van der Waals surface area (Å²) in [4.78, 5) is 15.0. The average molecular weight is 300 g/mol. The number of hydrogen-bond acceptors (Lipinski definition) is 2. The third-order valence-electron chi connectivity index (χ3n) is 5.53. The quantitative estimate of drug-likeness (QED) is 0.927. The molecule has 0 radical (unpaired) electrons. The predicted octanol–water partition coefficient (Wildman–Crippen LogP) is 3.00. The van der Waals surface area contributed by atoms with E-state index in [1.54, 1.807) is 0 Å². The van der Waals surface area contributed by atoms with Crippen LogP contribution in [-0.4, -0.2) is 36.0 Å². The number of likely N-dealkylation sites (tertiary alicyclic amines) is 1. The maximum absolute atomic E-state index is 12.9. The van der Waals surface area contributed by atoms with E-state index in [4.69, 9.17) is 0 Å². The second-order valence-corrected chi connectivity index (χ2v) is 6.89. The Bertz CT molecular complexity index is 485. The summed E-state index contributed by atoms with van der Waals surface area (Å²) < 4.78 is 0. The molecule has 1 aromatic rings. The van der Waals surface area contributed by atoms with Crippen molar-refractivity contribution in [2.75, 3.05) is 19.6 Å². The molecule has 2 aliphatic rings. The Balaban J connectivity index is 1.54. The van der Waals surface area contributed by atoms with E-state index in [0.717, 1.165) is 64.1 Å². The molecule has 22 heavy (non-hydrogen) atoms. The SMILES string of the molecule is CCC1(C(=O)N2CCC(Cc3ccccc3)CC2)CCCN1. The second-order valence-electron chi connectivity index (χ2n) is 6.89. The van der Waals surface area contributed by atoms with Gasteiger partial charge in [-0.05, 0) is 56.6 Å². The lowest BCUT2D eigenvalue weighted by atomic mass is 9.87. The number of piperidine rings is 1. The number of amides is 1. The highest BCUT2D eigenvalue weighted by Crippen LogP contribution is 2.29. The maximum atomic E-state index is 12.9. The largest absolute Gasteiger partial charge is 0.341 e. The van der Waals surface area contributed by atoms with Gasteiger partial charge in [0.1, 0.15) is 0 Å². The summed E-state index contributed by atoms with van der Waals surface area (Å²) in [6.45, 7) is 4.99. The van der Waals surface area contributed by atoms with Crippen LogP contribution < -0.4 is 5.32 Å². The standard InChI is InChI=1S/C19H28N2O/c1-2-19(11-6-12-20-19)18(22)21-13-9-17(10-14-21)15-16-7-4-3-5-8-16/h3-5,7-8,17,20H,2,6,9-15H2,1H3. The second kappa shape index (κ2) is 6.82. The zero-order valence-electron chi connectivity index (χ0n) is 13.7. The molecule has 2 heterocycles. The molecule has 0 saturated carbocycles. The van der Waals surface area contributed by atoms with Crippen molar-refractivity contribution in [1.82, 2.24) is 10.2 Å². The number of benzene rings is 1. The van der Waals surface area contributed by atoms with Crippen LogP contribution in [0.25, 0.3) is 0 Å². The molecular weight excluding hydrogens is 272 g/mol. The minimum atomic E-state index is -0.258. The summed E-state index contributed by atoms with van der Waals surface area (Å²) in [6, 6.07) is 10.7. The zero-order valence-corrected chi connectivity index (χ0v) is 13.7. The van der Waals surface area contributed by atoms with Crippen LogP contribution in [-0.2, 0) is 11.2 Å². The Morgan fingerprint density at radius 2 is 2.00 bits per heavy atom. The van der Waals surface area contributed by atoms with E-state index < -0.39 is 0 Å². The van der Waals surface area contributed by atoms with Crippen molar-refractivity contribution < 1.29 is 4.79 Å². The Labute approximate surface area is 134 Å². The molecule has 1 atom stereocenters. The molecule has 1 amide bonds. The van der Waals surface area contributed by atoms with Crippen LogP contribution in [0.1, 0.15) is 44.6 Å². The van der Waals surface area contributed by atoms with Crippen LogP contribution in [0.3, 0.4) is 0 Å². The lowest BCUT2D eigenvalue weighted by molar-refractivity contribution is -0.139. The fraction of sp³-hybridized carbons (Fsp3) is 0.632. The lowest BCUT2D eigenvalue weighted by Crippen LogP contribution is -2.56. The lowest BCUT2D eigenvalue weighted by Gasteiger charge is -2.38. The molecule has 0 bridgehead atoms. The molecule has 3 heteroatoms. The molecule has 2 fully saturated rings. The van der Waals surface area contributed by atoms with Crippen molar-refractivity contribution >= 4 is 5.91 Å². The summed E-state index contributed by atoms with van der Waals surface area (Å²) in [7, 11) is 0. The van der Waals surface area contributed by atoms with Crippen molar-refractivity contribution in [2.45, 2.75) is 51.0 Å². The van der Waals surface area contributed by atoms with Gasteiger partial charge in [0.2, 0.25) is 5.91 Å². The number of carbonyl (C=O) groups excluding carboxylic acids is 1. The highest BCUT2D eigenvalue weighted by Gasteiger charge is 2.42. The van der Waals surface area contributed by atoms with Crippen LogP contribution in [0.4, 0.5) is 0 Å². The average Bonchev–Trinajstić information content (AvgIpc) is 3.06. The van der Waals surface area contributed by atoms with Crippen LogP contribution in [0.15, 0.2) is 30.3 Å². The van der Waals surface area contributed by atoms with Gasteiger partial charge in [-0.3, -0.25) is 4.79 Å². The Morgan fingerprint density at radius 3 is 2.59 bits per heavy atom. The van der Waals surface area contributed by atoms with Gasteiger partial charge in [-0.15, -0.1) is 0 Å². The zero-order chi connectivity index (χ0) is 15.4. The van der Waals surface area contributed by atoms with Crippen molar-refractivity contribution in [2.24, 2.45) is 5.92 Å². The van der Waals surface area contributed by atoms with E-state index in [9.17, 15) is 4.79 Å². The Morgan fingerprint density at radius 1 is 1.27 bits per heavy atom. The van der Waals surface area contributed by atoms with Crippen LogP contribution >= 0.6 is 0 Å². The van der Waals surface area contributed by atoms with E-state index in [1.165, 1.54) is 5.56 Å². The molecular formula is C19H28N2O. The third-order valence-corrected chi connectivity index (χ3v) is 5.53. The smallest absolute Gasteiger partial charge is 0.242 e. The fourth-order valence-corrected chi connectivity index (χ4v) is 4.03. The molecule has 3 rings (SSSR count). The number of carbonyl (C=O) groups is 1. The predicted molar refractivity (Wildman–Crippen MR) is 89.7 cm³/mol. The number of hydrogen-bond donors (Lipinski definition) is 1. The minimum absolute atomic E-state index is 0.258. The first-order valence-corrected chi connectivity index (χ1v) is 8.82. The molecule has 0 spiro atoms. The Kier molecular flexibility index (Phi) is 4.82. The molecule has 1 N–H and O–H groups in total. The molecule has 2 saturated heterocycles. The van der Waals surface area contributed by atoms with Crippen molar-refractivity contribution in [1.29, 1.82) is 0 Å². The summed E-state index contributed by atoms with van der Waals surface area (Å²) in [6.07, 6.45) is 6.48. The van der Waals surface area contributed by atoms with E-state index in [-0.39, 0.29) is 5.54 Å². The van der Waals surface area contributed by atoms with E-state index in [1.807, 2.05) is 0 Å². The van der Waals surface area contributed by atoms with E-state index in [0.29, 0.717) is 5.91 Å². The number of nitrogens with one attached hydrogen (secondary N) is 1. The highest BCUT2D eigenvalue weighted by atomic mass is 16.2. The normalized spacial score (nSPS) is 26.3. The topological polar surface area (TPSA) is 32.3 Å². The first-order chi connectivity index (χ1) is 10.7. The number of rotatable bonds is 4. The van der Waals surface area contributed by atoms with Gasteiger partial charge in [0.05, 0.1) is 5.54 Å². The summed E-state index contributed by atoms with van der Waals surface area (Å²) in [5.74, 6) is 1.08. The van der Waals surface area contributed by atoms with Gasteiger partial charge in [-0.2, -0.15) is 0 Å². The summed E-state index contributed by atoms with van der Waals surface area (Å²) in [5, 5.41) is 3.48. The van der Waals surface area contributed by atoms with Crippen molar-refractivity contribution in [3.8, 4) is 0 Å². The van der Waals surface area contributed by atoms with Crippen LogP contribution in [0.5, 0.6) is 0 Å². The number of nitrogens with zero attached hydrogens (tertiary/aromatic N) is 1. The minimum Gasteiger partial charge on any atom is -0.341 e. The molecule has 3 nitrogen and oxygen atoms in total. The molecule has 0 aromatic heterocycles. The van der Waals surface area contributed by atoms with Crippen LogP contribution in [0, 0.1) is 5.92 Å². The first-order valence-electron chi connectivity index (χ1n) is 8.82. The third kappa shape index (κ3) is 3.19. The fourth-order valence-electron chi connectivity index (χ4n) is 4.03. The van der Waals surface area contributed by atoms with E-state index >= 15 is 0 Å². The maximum Gasteiger partial charge on any atom is 0.242 e. The van der Waals surface area contributed by atoms with Crippen LogP contribution in [0.2, 0.25) is 0 Å². The molecule has 2 aliphatic heterocycles. The first kappa shape index (κ1) is 15.5. The van der Waals surface area contributed by atoms with Gasteiger partial charge in [-0.1, -0.05) is 37.3 Å². The Hall–Kier alpha value is -1.35. The van der Waals surface area contributed by atoms with Gasteiger partial charge in [-0.25, -0.2) is 0 Å². The summed E-state index contributed by atoms with van der Waals surface area (Å²) >= 11 is 0. The van der Waals surface area contributed by atoms with Gasteiger partial charge in [0.15, 0.2) is 0 Å². The van der Waals surface area contributed by atoms with Crippen molar-refractivity contribution in [3.05, 3.63) is 35.9 Å². The van der Waals surface area contributed by atoms with E-state index in [2.05, 4.69) is 47.5 Å². The molecule has 1 unspecified atom stereocenters. The molecule has 0 aliphatic carbocycles. The monoisotopic (exact) mass is 300 g/mol. The van der Waals surface area contributed by atoms with Crippen molar-refractivity contribution in [3.63, 3.8) is 0 Å². The van der Waals surface area contributed by atoms with Gasteiger partial charge in [0, 0.05) is 13.1 Å². The van der Waals surface area contributed by atoms with Gasteiger partial charge >= 0.3 is 0 Å². The molecule has 120 valence electrons. The highest BCUT2D eigenvalue weighted by molar-refractivity contribution is 5.86. The van der Waals surface area contributed by atoms with Gasteiger partial charge in [0.25, 0.3) is 0 Å².